The van der Waals surface area contributed by atoms with Crippen molar-refractivity contribution in [2.24, 2.45) is 0 Å². The van der Waals surface area contributed by atoms with Gasteiger partial charge in [-0.2, -0.15) is 0 Å². The van der Waals surface area contributed by atoms with Crippen molar-refractivity contribution < 1.29 is 0 Å². The first-order valence-electron chi connectivity index (χ1n) is 3.59. The maximum absolute atomic E-state index is 5.70. The fraction of sp³-hybridized carbons (Fsp3) is 0.125. The predicted octanol–water partition coefficient (Wildman–Crippen LogP) is 1.99. The summed E-state index contributed by atoms with van der Waals surface area (Å²) in [5, 5.41) is 0. The third-order valence-electron chi connectivity index (χ3n) is 1.82. The molecule has 0 bridgehead atoms. The van der Waals surface area contributed by atoms with Crippen LogP contribution in [-0.4, -0.2) is 9.38 Å². The Morgan fingerprint density at radius 2 is 2.25 bits per heavy atom. The third-order valence-corrected chi connectivity index (χ3v) is 2.44. The maximum Gasteiger partial charge on any atom is 0.206 e. The van der Waals surface area contributed by atoms with Gasteiger partial charge in [0, 0.05) is 0 Å². The van der Waals surface area contributed by atoms with Crippen molar-refractivity contribution in [3.8, 4) is 0 Å². The first kappa shape index (κ1) is 7.61. The van der Waals surface area contributed by atoms with Crippen LogP contribution in [0.2, 0.25) is 0 Å². The molecule has 2 aromatic rings. The van der Waals surface area contributed by atoms with E-state index in [0.717, 1.165) is 15.8 Å². The third kappa shape index (κ3) is 0.914. The van der Waals surface area contributed by atoms with E-state index in [4.69, 9.17) is 5.73 Å². The largest absolute Gasteiger partial charge is 0.369 e. The molecule has 0 fully saturated rings. The van der Waals surface area contributed by atoms with Crippen molar-refractivity contribution in [1.29, 1.82) is 0 Å². The van der Waals surface area contributed by atoms with Crippen molar-refractivity contribution in [1.82, 2.24) is 9.38 Å². The average Bonchev–Trinajstić information content (AvgIpc) is 2.29. The van der Waals surface area contributed by atoms with Crippen LogP contribution in [0, 0.1) is 6.92 Å². The lowest BCUT2D eigenvalue weighted by Crippen LogP contribution is -1.94. The van der Waals surface area contributed by atoms with E-state index in [-0.39, 0.29) is 0 Å². The Morgan fingerprint density at radius 1 is 1.50 bits per heavy atom. The van der Waals surface area contributed by atoms with Gasteiger partial charge in [0.2, 0.25) is 5.95 Å². The molecule has 0 amide bonds. The number of anilines is 1. The van der Waals surface area contributed by atoms with Crippen LogP contribution >= 0.6 is 15.9 Å². The fourth-order valence-electron chi connectivity index (χ4n) is 1.28. The molecule has 2 heterocycles. The minimum absolute atomic E-state index is 0.523. The lowest BCUT2D eigenvalue weighted by Gasteiger charge is -1.98. The van der Waals surface area contributed by atoms with Crippen LogP contribution in [0.1, 0.15) is 5.69 Å². The number of nitrogens with zero attached hydrogens (tertiary/aromatic N) is 2. The summed E-state index contributed by atoms with van der Waals surface area (Å²) in [5.74, 6) is 0.523. The van der Waals surface area contributed by atoms with Gasteiger partial charge in [-0.3, -0.25) is 4.40 Å². The molecule has 0 aliphatic carbocycles. The number of pyridine rings is 1. The molecule has 0 saturated heterocycles. The summed E-state index contributed by atoms with van der Waals surface area (Å²) in [5.41, 5.74) is 7.70. The van der Waals surface area contributed by atoms with Crippen LogP contribution in [0.4, 0.5) is 5.95 Å². The predicted molar refractivity (Wildman–Crippen MR) is 52.0 cm³/mol. The number of aromatic nitrogens is 2. The van der Waals surface area contributed by atoms with E-state index < -0.39 is 0 Å². The highest BCUT2D eigenvalue weighted by molar-refractivity contribution is 9.10. The quantitative estimate of drug-likeness (QED) is 0.698. The molecule has 0 aromatic carbocycles. The molecular formula is C8H8BrN3. The summed E-state index contributed by atoms with van der Waals surface area (Å²) >= 11 is 3.40. The average molecular weight is 226 g/mol. The van der Waals surface area contributed by atoms with Gasteiger partial charge in [-0.05, 0) is 35.0 Å². The smallest absolute Gasteiger partial charge is 0.206 e. The number of fused-ring (bicyclic) bond motifs is 1. The molecule has 2 N–H and O–H groups in total. The number of nitrogen functional groups attached to an aromatic ring is 1. The maximum atomic E-state index is 5.70. The van der Waals surface area contributed by atoms with E-state index in [9.17, 15) is 0 Å². The van der Waals surface area contributed by atoms with Crippen LogP contribution in [0.5, 0.6) is 0 Å². The lowest BCUT2D eigenvalue weighted by atomic mass is 10.3. The topological polar surface area (TPSA) is 43.3 Å². The molecule has 2 aromatic heterocycles. The second-order valence-electron chi connectivity index (χ2n) is 2.62. The molecular weight excluding hydrogens is 218 g/mol. The molecule has 0 spiro atoms. The number of imidazole rings is 1. The molecule has 62 valence electrons. The Hall–Kier alpha value is -1.03. The van der Waals surface area contributed by atoms with Gasteiger partial charge in [-0.1, -0.05) is 6.07 Å². The van der Waals surface area contributed by atoms with Gasteiger partial charge in [0.05, 0.1) is 15.8 Å². The summed E-state index contributed by atoms with van der Waals surface area (Å²) < 4.78 is 2.80. The minimum atomic E-state index is 0.523. The highest BCUT2D eigenvalue weighted by atomic mass is 79.9. The minimum Gasteiger partial charge on any atom is -0.369 e. The fourth-order valence-corrected chi connectivity index (χ4v) is 1.80. The molecule has 12 heavy (non-hydrogen) atoms. The van der Waals surface area contributed by atoms with E-state index in [0.29, 0.717) is 5.95 Å². The van der Waals surface area contributed by atoms with E-state index in [1.54, 1.807) is 0 Å². The van der Waals surface area contributed by atoms with Crippen LogP contribution < -0.4 is 5.73 Å². The van der Waals surface area contributed by atoms with Crippen molar-refractivity contribution in [3.63, 3.8) is 0 Å². The van der Waals surface area contributed by atoms with Gasteiger partial charge in [-0.15, -0.1) is 0 Å². The Morgan fingerprint density at radius 3 is 2.92 bits per heavy atom. The van der Waals surface area contributed by atoms with Gasteiger partial charge < -0.3 is 5.73 Å². The van der Waals surface area contributed by atoms with Crippen LogP contribution in [-0.2, 0) is 0 Å². The van der Waals surface area contributed by atoms with Gasteiger partial charge >= 0.3 is 0 Å². The summed E-state index contributed by atoms with van der Waals surface area (Å²) in [6, 6.07) is 5.89. The number of rotatable bonds is 0. The zero-order valence-corrected chi connectivity index (χ0v) is 8.17. The monoisotopic (exact) mass is 225 g/mol. The standard InChI is InChI=1S/C8H8BrN3/c1-5-6-3-2-4-7(9)12(6)8(10)11-5/h2-4H,1H3,(H2,10,11). The van der Waals surface area contributed by atoms with Gasteiger partial charge in [0.1, 0.15) is 0 Å². The van der Waals surface area contributed by atoms with E-state index in [1.165, 1.54) is 0 Å². The molecule has 0 radical (unpaired) electrons. The molecule has 0 atom stereocenters. The van der Waals surface area contributed by atoms with E-state index >= 15 is 0 Å². The lowest BCUT2D eigenvalue weighted by molar-refractivity contribution is 1.13. The Kier molecular flexibility index (Phi) is 1.58. The van der Waals surface area contributed by atoms with Gasteiger partial charge in [0.25, 0.3) is 0 Å². The Labute approximate surface area is 78.3 Å². The molecule has 2 rings (SSSR count). The van der Waals surface area contributed by atoms with Crippen LogP contribution in [0.25, 0.3) is 5.52 Å². The van der Waals surface area contributed by atoms with Crippen LogP contribution in [0.3, 0.4) is 0 Å². The molecule has 0 saturated carbocycles. The van der Waals surface area contributed by atoms with Crippen molar-refractivity contribution in [2.75, 3.05) is 5.73 Å². The van der Waals surface area contributed by atoms with Crippen LogP contribution in [0.15, 0.2) is 22.8 Å². The second-order valence-corrected chi connectivity index (χ2v) is 3.44. The number of hydrogen-bond acceptors (Lipinski definition) is 2. The van der Waals surface area contributed by atoms with Crippen molar-refractivity contribution >= 4 is 27.4 Å². The summed E-state index contributed by atoms with van der Waals surface area (Å²) in [4.78, 5) is 4.16. The van der Waals surface area contributed by atoms with Gasteiger partial charge in [-0.25, -0.2) is 4.98 Å². The first-order chi connectivity index (χ1) is 5.70. The summed E-state index contributed by atoms with van der Waals surface area (Å²) in [6.07, 6.45) is 0. The highest BCUT2D eigenvalue weighted by Gasteiger charge is 2.05. The van der Waals surface area contributed by atoms with E-state index in [2.05, 4.69) is 20.9 Å². The van der Waals surface area contributed by atoms with Gasteiger partial charge in [0.15, 0.2) is 0 Å². The first-order valence-corrected chi connectivity index (χ1v) is 4.38. The number of nitrogens with two attached hydrogens (primary N) is 1. The Bertz CT molecular complexity index is 433. The Balaban J connectivity index is 2.99. The number of hydrogen-bond donors (Lipinski definition) is 1. The zero-order chi connectivity index (χ0) is 8.72. The van der Waals surface area contributed by atoms with Crippen molar-refractivity contribution in [3.05, 3.63) is 28.5 Å². The summed E-state index contributed by atoms with van der Waals surface area (Å²) in [7, 11) is 0. The number of aryl methyl sites for hydroxylation is 1. The molecule has 3 nitrogen and oxygen atoms in total. The molecule has 0 aliphatic rings. The SMILES string of the molecule is Cc1nc(N)n2c(Br)cccc12. The zero-order valence-electron chi connectivity index (χ0n) is 6.58. The molecule has 0 unspecified atom stereocenters. The number of halogens is 1. The molecule has 0 aliphatic heterocycles. The summed E-state index contributed by atoms with van der Waals surface area (Å²) in [6.45, 7) is 1.94. The molecule has 4 heteroatoms. The highest BCUT2D eigenvalue weighted by Crippen LogP contribution is 2.19. The van der Waals surface area contributed by atoms with Crippen molar-refractivity contribution in [2.45, 2.75) is 6.92 Å². The van der Waals surface area contributed by atoms with E-state index in [1.807, 2.05) is 29.5 Å². The second kappa shape index (κ2) is 2.48. The normalized spacial score (nSPS) is 10.8.